The predicted molar refractivity (Wildman–Crippen MR) is 96.6 cm³/mol. The summed E-state index contributed by atoms with van der Waals surface area (Å²) in [5.41, 5.74) is 3.11. The van der Waals surface area contributed by atoms with E-state index >= 15 is 0 Å². The van der Waals surface area contributed by atoms with E-state index in [1.54, 1.807) is 18.4 Å². The van der Waals surface area contributed by atoms with E-state index in [2.05, 4.69) is 16.9 Å². The molecule has 1 aromatic heterocycles. The third-order valence-corrected chi connectivity index (χ3v) is 4.67. The number of rotatable bonds is 4. The van der Waals surface area contributed by atoms with Crippen LogP contribution in [0, 0.1) is 0 Å². The molecule has 0 radical (unpaired) electrons. The van der Waals surface area contributed by atoms with Crippen LogP contribution < -0.4 is 9.54 Å². The van der Waals surface area contributed by atoms with Crippen molar-refractivity contribution in [1.29, 1.82) is 0 Å². The maximum absolute atomic E-state index is 5.98. The van der Waals surface area contributed by atoms with E-state index in [9.17, 15) is 0 Å². The van der Waals surface area contributed by atoms with Crippen molar-refractivity contribution < 1.29 is 4.74 Å². The minimum atomic E-state index is 0.742. The van der Waals surface area contributed by atoms with E-state index in [0.29, 0.717) is 0 Å². The molecule has 3 nitrogen and oxygen atoms in total. The fourth-order valence-electron chi connectivity index (χ4n) is 2.40. The second-order valence-electron chi connectivity index (χ2n) is 4.94. The zero-order valence-electron chi connectivity index (χ0n) is 13.0. The standard InChI is InChI=1S/C18H17ClN2OS/c1-3-21-16(13-8-10-14(19)11-9-13)12-23-18(21)20-15-6-4-5-7-17(15)22-2/h4-12H,3H2,1-2H3. The lowest BCUT2D eigenvalue weighted by atomic mass is 10.2. The molecule has 0 spiro atoms. The van der Waals surface area contributed by atoms with Crippen molar-refractivity contribution in [3.8, 4) is 17.0 Å². The summed E-state index contributed by atoms with van der Waals surface area (Å²) in [5, 5.41) is 2.87. The number of thiazole rings is 1. The molecule has 0 aliphatic rings. The second kappa shape index (κ2) is 7.02. The van der Waals surface area contributed by atoms with Gasteiger partial charge in [0.2, 0.25) is 0 Å². The SMILES string of the molecule is CCn1c(-c2ccc(Cl)cc2)csc1=Nc1ccccc1OC. The molecule has 0 aliphatic heterocycles. The highest BCUT2D eigenvalue weighted by atomic mass is 35.5. The number of methoxy groups -OCH3 is 1. The van der Waals surface area contributed by atoms with Crippen molar-refractivity contribution in [3.63, 3.8) is 0 Å². The van der Waals surface area contributed by atoms with E-state index in [1.165, 1.54) is 0 Å². The minimum Gasteiger partial charge on any atom is -0.494 e. The molecule has 0 bridgehead atoms. The van der Waals surface area contributed by atoms with Crippen molar-refractivity contribution in [2.75, 3.05) is 7.11 Å². The van der Waals surface area contributed by atoms with Gasteiger partial charge in [0.1, 0.15) is 11.4 Å². The average molecular weight is 345 g/mol. The average Bonchev–Trinajstić information content (AvgIpc) is 2.98. The van der Waals surface area contributed by atoms with Crippen molar-refractivity contribution in [1.82, 2.24) is 4.57 Å². The number of hydrogen-bond acceptors (Lipinski definition) is 3. The first-order valence-electron chi connectivity index (χ1n) is 7.35. The molecule has 1 heterocycles. The van der Waals surface area contributed by atoms with E-state index in [1.807, 2.05) is 48.5 Å². The molecule has 0 unspecified atom stereocenters. The molecular formula is C18H17ClN2OS. The molecule has 0 aliphatic carbocycles. The van der Waals surface area contributed by atoms with Gasteiger partial charge >= 0.3 is 0 Å². The summed E-state index contributed by atoms with van der Waals surface area (Å²) in [4.78, 5) is 5.72. The zero-order valence-corrected chi connectivity index (χ0v) is 14.6. The topological polar surface area (TPSA) is 26.5 Å². The Balaban J connectivity index is 2.11. The number of nitrogens with zero attached hydrogens (tertiary/aromatic N) is 2. The van der Waals surface area contributed by atoms with Gasteiger partial charge in [0.25, 0.3) is 0 Å². The predicted octanol–water partition coefficient (Wildman–Crippen LogP) is 5.13. The lowest BCUT2D eigenvalue weighted by Crippen LogP contribution is -2.14. The van der Waals surface area contributed by atoms with Crippen LogP contribution in [0.4, 0.5) is 5.69 Å². The van der Waals surface area contributed by atoms with Gasteiger partial charge in [0.05, 0.1) is 12.8 Å². The molecule has 3 aromatic rings. The highest BCUT2D eigenvalue weighted by molar-refractivity contribution is 7.07. The molecule has 2 aromatic carbocycles. The van der Waals surface area contributed by atoms with Gasteiger partial charge in [-0.15, -0.1) is 11.3 Å². The number of hydrogen-bond donors (Lipinski definition) is 0. The highest BCUT2D eigenvalue weighted by Crippen LogP contribution is 2.27. The third-order valence-electron chi connectivity index (χ3n) is 3.56. The van der Waals surface area contributed by atoms with Crippen LogP contribution in [0.15, 0.2) is 58.9 Å². The number of aromatic nitrogens is 1. The normalized spacial score (nSPS) is 11.7. The second-order valence-corrected chi connectivity index (χ2v) is 6.21. The van der Waals surface area contributed by atoms with Crippen molar-refractivity contribution in [3.05, 3.63) is 63.7 Å². The van der Waals surface area contributed by atoms with E-state index in [0.717, 1.165) is 39.1 Å². The van der Waals surface area contributed by atoms with Gasteiger partial charge in [-0.25, -0.2) is 4.99 Å². The fraction of sp³-hybridized carbons (Fsp3) is 0.167. The first-order chi connectivity index (χ1) is 11.2. The van der Waals surface area contributed by atoms with E-state index < -0.39 is 0 Å². The Morgan fingerprint density at radius 3 is 2.57 bits per heavy atom. The zero-order chi connectivity index (χ0) is 16.2. The summed E-state index contributed by atoms with van der Waals surface area (Å²) in [6, 6.07) is 15.7. The Morgan fingerprint density at radius 1 is 1.13 bits per heavy atom. The lowest BCUT2D eigenvalue weighted by molar-refractivity contribution is 0.416. The van der Waals surface area contributed by atoms with Gasteiger partial charge in [0.15, 0.2) is 4.80 Å². The monoisotopic (exact) mass is 344 g/mol. The van der Waals surface area contributed by atoms with Gasteiger partial charge in [-0.1, -0.05) is 35.9 Å². The Labute approximate surface area is 144 Å². The summed E-state index contributed by atoms with van der Waals surface area (Å²) in [7, 11) is 1.66. The first-order valence-corrected chi connectivity index (χ1v) is 8.60. The number of benzene rings is 2. The van der Waals surface area contributed by atoms with Crippen LogP contribution in [0.1, 0.15) is 6.92 Å². The fourth-order valence-corrected chi connectivity index (χ4v) is 3.51. The maximum Gasteiger partial charge on any atom is 0.190 e. The smallest absolute Gasteiger partial charge is 0.190 e. The third kappa shape index (κ3) is 3.33. The Bertz CT molecular complexity index is 865. The van der Waals surface area contributed by atoms with Crippen molar-refractivity contribution in [2.24, 2.45) is 4.99 Å². The van der Waals surface area contributed by atoms with Crippen LogP contribution in [0.3, 0.4) is 0 Å². The summed E-state index contributed by atoms with van der Waals surface area (Å²) >= 11 is 7.60. The van der Waals surface area contributed by atoms with Crippen molar-refractivity contribution >= 4 is 28.6 Å². The van der Waals surface area contributed by atoms with Crippen LogP contribution in [0.25, 0.3) is 11.3 Å². The molecule has 3 rings (SSSR count). The summed E-state index contributed by atoms with van der Waals surface area (Å²) < 4.78 is 7.58. The van der Waals surface area contributed by atoms with Crippen molar-refractivity contribution in [2.45, 2.75) is 13.5 Å². The summed E-state index contributed by atoms with van der Waals surface area (Å²) in [6.07, 6.45) is 0. The Kier molecular flexibility index (Phi) is 4.84. The lowest BCUT2D eigenvalue weighted by Gasteiger charge is -2.07. The quantitative estimate of drug-likeness (QED) is 0.644. The molecule has 0 fully saturated rings. The summed E-state index contributed by atoms with van der Waals surface area (Å²) in [5.74, 6) is 0.775. The molecular weight excluding hydrogens is 328 g/mol. The number of para-hydroxylation sites is 2. The van der Waals surface area contributed by atoms with Gasteiger partial charge in [-0.05, 0) is 36.8 Å². The molecule has 0 saturated heterocycles. The molecule has 5 heteroatoms. The highest BCUT2D eigenvalue weighted by Gasteiger charge is 2.08. The first kappa shape index (κ1) is 15.8. The number of halogens is 1. The molecule has 118 valence electrons. The molecule has 0 amide bonds. The van der Waals surface area contributed by atoms with Gasteiger partial charge in [-0.3, -0.25) is 0 Å². The van der Waals surface area contributed by atoms with Crippen LogP contribution in [-0.2, 0) is 6.54 Å². The van der Waals surface area contributed by atoms with Crippen LogP contribution >= 0.6 is 22.9 Å². The van der Waals surface area contributed by atoms with E-state index in [-0.39, 0.29) is 0 Å². The van der Waals surface area contributed by atoms with Gasteiger partial charge in [0, 0.05) is 16.9 Å². The molecule has 0 N–H and O–H groups in total. The van der Waals surface area contributed by atoms with E-state index in [4.69, 9.17) is 21.3 Å². The van der Waals surface area contributed by atoms with Gasteiger partial charge in [-0.2, -0.15) is 0 Å². The minimum absolute atomic E-state index is 0.742. The van der Waals surface area contributed by atoms with Gasteiger partial charge < -0.3 is 9.30 Å². The Morgan fingerprint density at radius 2 is 1.87 bits per heavy atom. The molecule has 23 heavy (non-hydrogen) atoms. The molecule has 0 atom stereocenters. The number of ether oxygens (including phenoxy) is 1. The maximum atomic E-state index is 5.98. The van der Waals surface area contributed by atoms with Crippen LogP contribution in [0.2, 0.25) is 5.02 Å². The summed E-state index contributed by atoms with van der Waals surface area (Å²) in [6.45, 7) is 2.96. The molecule has 0 saturated carbocycles. The Hall–Kier alpha value is -2.04. The van der Waals surface area contributed by atoms with Crippen LogP contribution in [0.5, 0.6) is 5.75 Å². The largest absolute Gasteiger partial charge is 0.494 e. The van der Waals surface area contributed by atoms with Crippen LogP contribution in [-0.4, -0.2) is 11.7 Å².